The predicted molar refractivity (Wildman–Crippen MR) is 103 cm³/mol. The Kier molecular flexibility index (Phi) is 5.25. The van der Waals surface area contributed by atoms with Crippen molar-refractivity contribution in [2.24, 2.45) is 0 Å². The largest absolute Gasteiger partial charge is 0.396 e. The molecule has 5 nitrogen and oxygen atoms in total. The summed E-state index contributed by atoms with van der Waals surface area (Å²) in [6.45, 7) is 2.77. The van der Waals surface area contributed by atoms with Gasteiger partial charge in [-0.05, 0) is 31.0 Å². The number of nitrogens with zero attached hydrogens (tertiary/aromatic N) is 2. The molecule has 0 saturated carbocycles. The number of hydrogen-bond acceptors (Lipinski definition) is 4. The van der Waals surface area contributed by atoms with Gasteiger partial charge >= 0.3 is 0 Å². The number of aliphatic hydroxyl groups is 1. The molecule has 2 aromatic carbocycles. The van der Waals surface area contributed by atoms with E-state index in [-0.39, 0.29) is 11.5 Å². The molecule has 0 bridgehead atoms. The molecule has 0 saturated heterocycles. The van der Waals surface area contributed by atoms with Crippen molar-refractivity contribution in [1.82, 2.24) is 9.78 Å². The van der Waals surface area contributed by atoms with Crippen molar-refractivity contribution < 1.29 is 13.5 Å². The van der Waals surface area contributed by atoms with Crippen LogP contribution < -0.4 is 0 Å². The van der Waals surface area contributed by atoms with Crippen LogP contribution in [0.1, 0.15) is 12.0 Å². The van der Waals surface area contributed by atoms with Crippen molar-refractivity contribution >= 4 is 9.84 Å². The highest BCUT2D eigenvalue weighted by atomic mass is 32.2. The van der Waals surface area contributed by atoms with E-state index in [2.05, 4.69) is 29.4 Å². The maximum Gasteiger partial charge on any atom is 0.175 e. The lowest BCUT2D eigenvalue weighted by Gasteiger charge is -2.05. The summed E-state index contributed by atoms with van der Waals surface area (Å²) in [6.07, 6.45) is 3.80. The highest BCUT2D eigenvalue weighted by Crippen LogP contribution is 2.32. The normalized spacial score (nSPS) is 11.7. The zero-order chi connectivity index (χ0) is 18.7. The second-order valence-electron chi connectivity index (χ2n) is 6.39. The molecular formula is C20H22N2O3S. The highest BCUT2D eigenvalue weighted by molar-refractivity contribution is 7.90. The zero-order valence-electron chi connectivity index (χ0n) is 14.9. The van der Waals surface area contributed by atoms with Gasteiger partial charge in [-0.3, -0.25) is 4.68 Å². The number of aromatic nitrogens is 2. The Hall–Kier alpha value is -2.44. The summed E-state index contributed by atoms with van der Waals surface area (Å²) in [5.41, 5.74) is 4.87. The molecule has 3 aromatic rings. The fourth-order valence-corrected chi connectivity index (χ4v) is 3.42. The smallest absolute Gasteiger partial charge is 0.175 e. The first-order valence-corrected chi connectivity index (χ1v) is 10.3. The summed E-state index contributed by atoms with van der Waals surface area (Å²) in [5.74, 6) is 0. The third-order valence-corrected chi connectivity index (χ3v) is 5.35. The van der Waals surface area contributed by atoms with Crippen LogP contribution in [-0.2, 0) is 16.4 Å². The topological polar surface area (TPSA) is 72.2 Å². The van der Waals surface area contributed by atoms with Gasteiger partial charge in [-0.1, -0.05) is 42.0 Å². The molecule has 6 heteroatoms. The fraction of sp³-hybridized carbons (Fsp3) is 0.250. The number of aryl methyl sites for hydroxylation is 2. The molecule has 136 valence electrons. The Balaban J connectivity index is 2.06. The van der Waals surface area contributed by atoms with E-state index >= 15 is 0 Å². The lowest BCUT2D eigenvalue weighted by molar-refractivity contribution is 0.277. The summed E-state index contributed by atoms with van der Waals surface area (Å²) in [5, 5.41) is 13.7. The summed E-state index contributed by atoms with van der Waals surface area (Å²) in [4.78, 5) is 0.290. The molecule has 0 spiro atoms. The van der Waals surface area contributed by atoms with E-state index in [0.717, 1.165) is 22.4 Å². The van der Waals surface area contributed by atoms with Gasteiger partial charge < -0.3 is 5.11 Å². The van der Waals surface area contributed by atoms with Crippen LogP contribution in [0.2, 0.25) is 0 Å². The number of sulfone groups is 1. The molecule has 26 heavy (non-hydrogen) atoms. The van der Waals surface area contributed by atoms with Gasteiger partial charge in [0.05, 0.1) is 4.90 Å². The van der Waals surface area contributed by atoms with Crippen molar-refractivity contribution in [3.8, 4) is 22.4 Å². The first-order chi connectivity index (χ1) is 12.4. The summed E-state index contributed by atoms with van der Waals surface area (Å²) >= 11 is 0. The molecule has 1 N–H and O–H groups in total. The van der Waals surface area contributed by atoms with Gasteiger partial charge in [0.1, 0.15) is 5.69 Å². The first-order valence-electron chi connectivity index (χ1n) is 8.44. The minimum absolute atomic E-state index is 0.109. The third-order valence-electron chi connectivity index (χ3n) is 4.23. The number of hydrogen-bond donors (Lipinski definition) is 1. The first kappa shape index (κ1) is 18.4. The van der Waals surface area contributed by atoms with E-state index < -0.39 is 9.84 Å². The van der Waals surface area contributed by atoms with Gasteiger partial charge in [-0.15, -0.1) is 0 Å². The van der Waals surface area contributed by atoms with Crippen LogP contribution in [0.15, 0.2) is 59.6 Å². The fourth-order valence-electron chi connectivity index (χ4n) is 2.79. The molecule has 0 aliphatic rings. The molecule has 0 atom stereocenters. The Morgan fingerprint density at radius 2 is 1.62 bits per heavy atom. The van der Waals surface area contributed by atoms with E-state index in [1.54, 1.807) is 24.3 Å². The lowest BCUT2D eigenvalue weighted by atomic mass is 10.0. The Morgan fingerprint density at radius 3 is 2.19 bits per heavy atom. The van der Waals surface area contributed by atoms with Crippen molar-refractivity contribution in [3.05, 3.63) is 60.3 Å². The molecule has 0 radical (unpaired) electrons. The van der Waals surface area contributed by atoms with Gasteiger partial charge in [0.25, 0.3) is 0 Å². The SMILES string of the molecule is Cc1ccc(-c2cn(CCCO)nc2-c2ccc(S(C)(=O)=O)cc2)cc1. The van der Waals surface area contributed by atoms with Gasteiger partial charge in [0.15, 0.2) is 9.84 Å². The van der Waals surface area contributed by atoms with E-state index in [9.17, 15) is 8.42 Å². The zero-order valence-corrected chi connectivity index (χ0v) is 15.7. The average Bonchev–Trinajstić information content (AvgIpc) is 3.04. The van der Waals surface area contributed by atoms with Crippen molar-refractivity contribution in [2.75, 3.05) is 12.9 Å². The second kappa shape index (κ2) is 7.43. The minimum Gasteiger partial charge on any atom is -0.396 e. The Bertz CT molecular complexity index is 989. The molecule has 0 unspecified atom stereocenters. The predicted octanol–water partition coefficient (Wildman–Crippen LogP) is 3.31. The van der Waals surface area contributed by atoms with Crippen molar-refractivity contribution in [2.45, 2.75) is 24.8 Å². The molecule has 0 aliphatic heterocycles. The van der Waals surface area contributed by atoms with Crippen molar-refractivity contribution in [1.29, 1.82) is 0 Å². The standard InChI is InChI=1S/C20H22N2O3S/c1-15-4-6-16(7-5-15)19-14-22(12-3-13-23)21-20(19)17-8-10-18(11-9-17)26(2,24)25/h4-11,14,23H,3,12-13H2,1-2H3. The summed E-state index contributed by atoms with van der Waals surface area (Å²) in [7, 11) is -3.23. The van der Waals surface area contributed by atoms with Gasteiger partial charge in [-0.25, -0.2) is 8.42 Å². The number of rotatable bonds is 6. The van der Waals surface area contributed by atoms with E-state index in [1.807, 2.05) is 17.8 Å². The summed E-state index contributed by atoms with van der Waals surface area (Å²) in [6, 6.07) is 15.0. The van der Waals surface area contributed by atoms with Crippen LogP contribution in [0.3, 0.4) is 0 Å². The Morgan fingerprint density at radius 1 is 1.00 bits per heavy atom. The maximum absolute atomic E-state index is 11.7. The van der Waals surface area contributed by atoms with Gasteiger partial charge in [0, 0.05) is 36.7 Å². The second-order valence-corrected chi connectivity index (χ2v) is 8.41. The van der Waals surface area contributed by atoms with Crippen LogP contribution in [0.25, 0.3) is 22.4 Å². The molecule has 0 fully saturated rings. The van der Waals surface area contributed by atoms with Crippen LogP contribution in [0.4, 0.5) is 0 Å². The highest BCUT2D eigenvalue weighted by Gasteiger charge is 2.14. The van der Waals surface area contributed by atoms with E-state index in [0.29, 0.717) is 13.0 Å². The monoisotopic (exact) mass is 370 g/mol. The quantitative estimate of drug-likeness (QED) is 0.722. The van der Waals surface area contributed by atoms with Crippen LogP contribution >= 0.6 is 0 Å². The Labute approximate surface area is 153 Å². The third kappa shape index (κ3) is 4.03. The van der Waals surface area contributed by atoms with E-state index in [4.69, 9.17) is 5.11 Å². The molecule has 1 aromatic heterocycles. The summed E-state index contributed by atoms with van der Waals surface area (Å²) < 4.78 is 25.2. The van der Waals surface area contributed by atoms with E-state index in [1.165, 1.54) is 11.8 Å². The molecule has 1 heterocycles. The van der Waals surface area contributed by atoms with Gasteiger partial charge in [0.2, 0.25) is 0 Å². The molecule has 0 amide bonds. The lowest BCUT2D eigenvalue weighted by Crippen LogP contribution is -2.00. The average molecular weight is 370 g/mol. The van der Waals surface area contributed by atoms with Crippen LogP contribution in [0.5, 0.6) is 0 Å². The maximum atomic E-state index is 11.7. The number of aliphatic hydroxyl groups excluding tert-OH is 1. The molecule has 0 aliphatic carbocycles. The minimum atomic E-state index is -3.23. The van der Waals surface area contributed by atoms with Crippen LogP contribution in [0, 0.1) is 6.92 Å². The van der Waals surface area contributed by atoms with Crippen LogP contribution in [-0.4, -0.2) is 36.2 Å². The van der Waals surface area contributed by atoms with Gasteiger partial charge in [-0.2, -0.15) is 5.10 Å². The molecular weight excluding hydrogens is 348 g/mol. The van der Waals surface area contributed by atoms with Crippen molar-refractivity contribution in [3.63, 3.8) is 0 Å². The number of benzene rings is 2. The molecule has 3 rings (SSSR count).